The second kappa shape index (κ2) is 5.84. The average molecular weight is 290 g/mol. The third-order valence-corrected chi connectivity index (χ3v) is 3.00. The van der Waals surface area contributed by atoms with Crippen LogP contribution in [0, 0.1) is 5.82 Å². The third kappa shape index (κ3) is 3.20. The summed E-state index contributed by atoms with van der Waals surface area (Å²) in [4.78, 5) is 11.6. The fourth-order valence-electron chi connectivity index (χ4n) is 1.15. The molecule has 0 aliphatic rings. The van der Waals surface area contributed by atoms with Crippen molar-refractivity contribution in [1.29, 1.82) is 0 Å². The minimum atomic E-state index is -0.585. The number of alkyl halides is 1. The molecule has 0 radical (unpaired) electrons. The van der Waals surface area contributed by atoms with E-state index in [0.29, 0.717) is 11.1 Å². The molecular formula is C11H13BrFNO2. The van der Waals surface area contributed by atoms with Crippen molar-refractivity contribution in [2.24, 2.45) is 0 Å². The Morgan fingerprint density at radius 1 is 1.62 bits per heavy atom. The lowest BCUT2D eigenvalue weighted by molar-refractivity contribution is 0.0940. The molecule has 0 bridgehead atoms. The van der Waals surface area contributed by atoms with Gasteiger partial charge in [-0.1, -0.05) is 15.9 Å². The summed E-state index contributed by atoms with van der Waals surface area (Å²) in [6.07, 6.45) is 0. The van der Waals surface area contributed by atoms with E-state index in [4.69, 9.17) is 4.74 Å². The Labute approximate surface area is 102 Å². The van der Waals surface area contributed by atoms with Crippen LogP contribution >= 0.6 is 15.9 Å². The van der Waals surface area contributed by atoms with Gasteiger partial charge in [-0.15, -0.1) is 0 Å². The number of hydrogen-bond acceptors (Lipinski definition) is 2. The number of halogens is 2. The minimum Gasteiger partial charge on any atom is -0.497 e. The van der Waals surface area contributed by atoms with Crippen molar-refractivity contribution >= 4 is 21.8 Å². The van der Waals surface area contributed by atoms with E-state index in [2.05, 4.69) is 21.2 Å². The maximum Gasteiger partial charge on any atom is 0.254 e. The van der Waals surface area contributed by atoms with E-state index >= 15 is 0 Å². The van der Waals surface area contributed by atoms with Crippen molar-refractivity contribution in [2.75, 3.05) is 12.4 Å². The van der Waals surface area contributed by atoms with Crippen LogP contribution in [-0.4, -0.2) is 24.4 Å². The first-order valence-corrected chi connectivity index (χ1v) is 5.91. The smallest absolute Gasteiger partial charge is 0.254 e. The highest BCUT2D eigenvalue weighted by atomic mass is 79.9. The molecule has 1 atom stereocenters. The van der Waals surface area contributed by atoms with E-state index in [1.807, 2.05) is 6.92 Å². The fourth-order valence-corrected chi connectivity index (χ4v) is 1.31. The zero-order valence-electron chi connectivity index (χ0n) is 9.09. The molecule has 1 rings (SSSR count). The van der Waals surface area contributed by atoms with Crippen LogP contribution in [0.25, 0.3) is 0 Å². The van der Waals surface area contributed by atoms with E-state index in [1.165, 1.54) is 19.2 Å². The molecule has 1 unspecified atom stereocenters. The van der Waals surface area contributed by atoms with Crippen molar-refractivity contribution in [1.82, 2.24) is 5.32 Å². The minimum absolute atomic E-state index is 0.0219. The maximum atomic E-state index is 13.5. The van der Waals surface area contributed by atoms with Crippen LogP contribution in [-0.2, 0) is 0 Å². The Kier molecular flexibility index (Phi) is 4.73. The molecule has 0 saturated carbocycles. The van der Waals surface area contributed by atoms with Gasteiger partial charge in [0.05, 0.1) is 12.7 Å². The van der Waals surface area contributed by atoms with Gasteiger partial charge in [0.15, 0.2) is 0 Å². The zero-order chi connectivity index (χ0) is 12.1. The van der Waals surface area contributed by atoms with Crippen LogP contribution in [0.2, 0.25) is 0 Å². The number of rotatable bonds is 4. The largest absolute Gasteiger partial charge is 0.497 e. The summed E-state index contributed by atoms with van der Waals surface area (Å²) in [6.45, 7) is 1.83. The van der Waals surface area contributed by atoms with Gasteiger partial charge in [-0.05, 0) is 19.1 Å². The molecule has 1 amide bonds. The van der Waals surface area contributed by atoms with Crippen molar-refractivity contribution < 1.29 is 13.9 Å². The molecule has 0 aliphatic heterocycles. The van der Waals surface area contributed by atoms with Gasteiger partial charge in [0.2, 0.25) is 0 Å². The fraction of sp³-hybridized carbons (Fsp3) is 0.364. The van der Waals surface area contributed by atoms with E-state index in [9.17, 15) is 9.18 Å². The molecule has 0 saturated heterocycles. The normalized spacial score (nSPS) is 12.0. The number of carbonyl (C=O) groups excluding carboxylic acids is 1. The predicted molar refractivity (Wildman–Crippen MR) is 63.7 cm³/mol. The Bertz CT molecular complexity index is 384. The molecule has 88 valence electrons. The summed E-state index contributed by atoms with van der Waals surface area (Å²) in [5, 5.41) is 3.28. The number of hydrogen-bond donors (Lipinski definition) is 1. The third-order valence-electron chi connectivity index (χ3n) is 2.03. The molecule has 1 aromatic rings. The quantitative estimate of drug-likeness (QED) is 0.864. The summed E-state index contributed by atoms with van der Waals surface area (Å²) >= 11 is 3.23. The van der Waals surface area contributed by atoms with E-state index in [0.717, 1.165) is 0 Å². The topological polar surface area (TPSA) is 38.3 Å². The highest BCUT2D eigenvalue weighted by Gasteiger charge is 2.14. The Balaban J connectivity index is 2.84. The average Bonchev–Trinajstić information content (AvgIpc) is 2.28. The summed E-state index contributed by atoms with van der Waals surface area (Å²) in [7, 11) is 1.45. The maximum absolute atomic E-state index is 13.5. The number of methoxy groups -OCH3 is 1. The van der Waals surface area contributed by atoms with Crippen LogP contribution in [0.3, 0.4) is 0 Å². The standard InChI is InChI=1S/C11H13BrFNO2/c1-7(6-12)14-11(15)9-4-3-8(16-2)5-10(9)13/h3-5,7H,6H2,1-2H3,(H,14,15). The SMILES string of the molecule is COc1ccc(C(=O)NC(C)CBr)c(F)c1. The number of amides is 1. The van der Waals surface area contributed by atoms with E-state index in [1.54, 1.807) is 6.07 Å². The van der Waals surface area contributed by atoms with Crippen LogP contribution in [0.4, 0.5) is 4.39 Å². The lowest BCUT2D eigenvalue weighted by atomic mass is 10.2. The van der Waals surface area contributed by atoms with Crippen LogP contribution < -0.4 is 10.1 Å². The second-order valence-electron chi connectivity index (χ2n) is 3.37. The molecule has 0 aromatic heterocycles. The molecule has 0 heterocycles. The van der Waals surface area contributed by atoms with Gasteiger partial charge in [0, 0.05) is 17.4 Å². The van der Waals surface area contributed by atoms with Crippen molar-refractivity contribution in [3.8, 4) is 5.75 Å². The van der Waals surface area contributed by atoms with Gasteiger partial charge in [0.25, 0.3) is 5.91 Å². The van der Waals surface area contributed by atoms with Gasteiger partial charge >= 0.3 is 0 Å². The van der Waals surface area contributed by atoms with Crippen LogP contribution in [0.5, 0.6) is 5.75 Å². The highest BCUT2D eigenvalue weighted by molar-refractivity contribution is 9.09. The lowest BCUT2D eigenvalue weighted by Gasteiger charge is -2.11. The van der Waals surface area contributed by atoms with Crippen LogP contribution in [0.1, 0.15) is 17.3 Å². The molecule has 3 nitrogen and oxygen atoms in total. The van der Waals surface area contributed by atoms with Gasteiger partial charge in [0.1, 0.15) is 11.6 Å². The van der Waals surface area contributed by atoms with Gasteiger partial charge in [-0.2, -0.15) is 0 Å². The number of ether oxygens (including phenoxy) is 1. The Hall–Kier alpha value is -1.10. The zero-order valence-corrected chi connectivity index (χ0v) is 10.7. The van der Waals surface area contributed by atoms with E-state index in [-0.39, 0.29) is 11.6 Å². The summed E-state index contributed by atoms with van der Waals surface area (Å²) < 4.78 is 18.3. The molecule has 1 aromatic carbocycles. The van der Waals surface area contributed by atoms with Crippen molar-refractivity contribution in [3.63, 3.8) is 0 Å². The number of benzene rings is 1. The first kappa shape index (κ1) is 13.0. The first-order valence-electron chi connectivity index (χ1n) is 4.79. The molecule has 1 N–H and O–H groups in total. The van der Waals surface area contributed by atoms with Crippen LogP contribution in [0.15, 0.2) is 18.2 Å². The molecule has 5 heteroatoms. The van der Waals surface area contributed by atoms with Crippen molar-refractivity contribution in [2.45, 2.75) is 13.0 Å². The monoisotopic (exact) mass is 289 g/mol. The predicted octanol–water partition coefficient (Wildman–Crippen LogP) is 2.35. The second-order valence-corrected chi connectivity index (χ2v) is 4.02. The number of carbonyl (C=O) groups is 1. The Morgan fingerprint density at radius 3 is 2.81 bits per heavy atom. The summed E-state index contributed by atoms with van der Waals surface area (Å²) in [5.74, 6) is -0.617. The van der Waals surface area contributed by atoms with Gasteiger partial charge in [-0.3, -0.25) is 4.79 Å². The molecule has 0 aliphatic carbocycles. The molecular weight excluding hydrogens is 277 g/mol. The summed E-state index contributed by atoms with van der Waals surface area (Å²) in [5.41, 5.74) is 0.0219. The van der Waals surface area contributed by atoms with Crippen molar-refractivity contribution in [3.05, 3.63) is 29.6 Å². The molecule has 0 fully saturated rings. The Morgan fingerprint density at radius 2 is 2.31 bits per heavy atom. The first-order chi connectivity index (χ1) is 7.58. The van der Waals surface area contributed by atoms with Gasteiger partial charge < -0.3 is 10.1 Å². The van der Waals surface area contributed by atoms with E-state index < -0.39 is 11.7 Å². The van der Waals surface area contributed by atoms with Gasteiger partial charge in [-0.25, -0.2) is 4.39 Å². The lowest BCUT2D eigenvalue weighted by Crippen LogP contribution is -2.34. The molecule has 0 spiro atoms. The highest BCUT2D eigenvalue weighted by Crippen LogP contribution is 2.16. The summed E-state index contributed by atoms with van der Waals surface area (Å²) in [6, 6.07) is 4.10. The number of nitrogens with one attached hydrogen (secondary N) is 1. The molecule has 16 heavy (non-hydrogen) atoms.